The molecule has 0 aliphatic heterocycles. The van der Waals surface area contributed by atoms with Crippen LogP contribution in [0, 0.1) is 23.7 Å². The number of fused-ring (bicyclic) bond motifs is 1. The maximum atomic E-state index is 2.45. The van der Waals surface area contributed by atoms with Gasteiger partial charge in [0.1, 0.15) is 0 Å². The second-order valence-electron chi connectivity index (χ2n) is 4.45. The lowest BCUT2D eigenvalue weighted by Gasteiger charge is -2.13. The van der Waals surface area contributed by atoms with E-state index in [-0.39, 0.29) is 0 Å². The van der Waals surface area contributed by atoms with Gasteiger partial charge in [-0.1, -0.05) is 20.3 Å². The molecule has 0 aromatic rings. The lowest BCUT2D eigenvalue weighted by atomic mass is 9.92. The third-order valence-corrected chi connectivity index (χ3v) is 3.83. The largest absolute Gasteiger partial charge is 0.0622 e. The molecule has 0 saturated heterocycles. The van der Waals surface area contributed by atoms with Crippen molar-refractivity contribution in [2.75, 3.05) is 0 Å². The monoisotopic (exact) mass is 138 g/mol. The number of hydrogen-bond donors (Lipinski definition) is 0. The molecule has 2 aliphatic rings. The van der Waals surface area contributed by atoms with Crippen molar-refractivity contribution < 1.29 is 0 Å². The van der Waals surface area contributed by atoms with Gasteiger partial charge in [0.15, 0.2) is 0 Å². The van der Waals surface area contributed by atoms with E-state index in [2.05, 4.69) is 13.8 Å². The van der Waals surface area contributed by atoms with Crippen molar-refractivity contribution in [3.8, 4) is 0 Å². The van der Waals surface area contributed by atoms with E-state index in [0.29, 0.717) is 0 Å². The Morgan fingerprint density at radius 3 is 1.90 bits per heavy atom. The smallest absolute Gasteiger partial charge is 0.0357 e. The predicted molar refractivity (Wildman–Crippen MR) is 43.8 cm³/mol. The fourth-order valence-corrected chi connectivity index (χ4v) is 3.37. The zero-order valence-electron chi connectivity index (χ0n) is 7.14. The molecule has 4 atom stereocenters. The van der Waals surface area contributed by atoms with Crippen LogP contribution in [0.1, 0.15) is 39.5 Å². The van der Waals surface area contributed by atoms with Crippen LogP contribution in [0.2, 0.25) is 0 Å². The summed E-state index contributed by atoms with van der Waals surface area (Å²) in [5.74, 6) is 4.33. The van der Waals surface area contributed by atoms with E-state index in [1.165, 1.54) is 25.7 Å². The average Bonchev–Trinajstić information content (AvgIpc) is 2.39. The number of rotatable bonds is 0. The fourth-order valence-electron chi connectivity index (χ4n) is 3.37. The van der Waals surface area contributed by atoms with E-state index < -0.39 is 0 Å². The quantitative estimate of drug-likeness (QED) is 0.482. The van der Waals surface area contributed by atoms with Crippen LogP contribution in [-0.2, 0) is 0 Å². The Bertz CT molecular complexity index is 114. The summed E-state index contributed by atoms with van der Waals surface area (Å²) < 4.78 is 0. The van der Waals surface area contributed by atoms with Gasteiger partial charge in [-0.25, -0.2) is 0 Å². The molecule has 0 N–H and O–H groups in total. The summed E-state index contributed by atoms with van der Waals surface area (Å²) in [6, 6.07) is 0. The Kier molecular flexibility index (Phi) is 1.51. The van der Waals surface area contributed by atoms with E-state index in [0.717, 1.165) is 23.7 Å². The van der Waals surface area contributed by atoms with E-state index in [1.54, 1.807) is 0 Å². The highest BCUT2D eigenvalue weighted by Crippen LogP contribution is 2.50. The minimum atomic E-state index is 1.04. The van der Waals surface area contributed by atoms with Crippen molar-refractivity contribution in [2.45, 2.75) is 39.5 Å². The van der Waals surface area contributed by atoms with Crippen molar-refractivity contribution in [1.29, 1.82) is 0 Å². The normalized spacial score (nSPS) is 53.4. The maximum absolute atomic E-state index is 2.45. The Morgan fingerprint density at radius 2 is 1.40 bits per heavy atom. The zero-order valence-corrected chi connectivity index (χ0v) is 7.14. The molecule has 2 rings (SSSR count). The van der Waals surface area contributed by atoms with E-state index in [1.807, 2.05) is 0 Å². The molecular formula is C10H18. The van der Waals surface area contributed by atoms with Gasteiger partial charge in [-0.15, -0.1) is 0 Å². The van der Waals surface area contributed by atoms with Gasteiger partial charge in [0.05, 0.1) is 0 Å². The highest BCUT2D eigenvalue weighted by molar-refractivity contribution is 4.90. The molecule has 0 nitrogen and oxygen atoms in total. The Hall–Kier alpha value is 0. The van der Waals surface area contributed by atoms with Gasteiger partial charge >= 0.3 is 0 Å². The first-order valence-electron chi connectivity index (χ1n) is 4.79. The van der Waals surface area contributed by atoms with Gasteiger partial charge < -0.3 is 0 Å². The molecule has 0 spiro atoms. The summed E-state index contributed by atoms with van der Waals surface area (Å²) in [7, 11) is 0. The van der Waals surface area contributed by atoms with Crippen molar-refractivity contribution in [1.82, 2.24) is 0 Å². The molecule has 3 unspecified atom stereocenters. The van der Waals surface area contributed by atoms with Gasteiger partial charge in [-0.2, -0.15) is 0 Å². The summed E-state index contributed by atoms with van der Waals surface area (Å²) in [5.41, 5.74) is 0. The van der Waals surface area contributed by atoms with Crippen molar-refractivity contribution in [3.05, 3.63) is 0 Å². The SMILES string of the molecule is CC1C[C@@H](C)C2CCCC12. The minimum Gasteiger partial charge on any atom is -0.0622 e. The second kappa shape index (κ2) is 2.25. The van der Waals surface area contributed by atoms with Crippen LogP contribution in [-0.4, -0.2) is 0 Å². The molecule has 2 aliphatic carbocycles. The summed E-state index contributed by atoms with van der Waals surface area (Å²) in [4.78, 5) is 0. The van der Waals surface area contributed by atoms with Crippen LogP contribution in [0.5, 0.6) is 0 Å². The molecule has 0 bridgehead atoms. The molecule has 58 valence electrons. The molecule has 10 heavy (non-hydrogen) atoms. The highest BCUT2D eigenvalue weighted by Gasteiger charge is 2.40. The van der Waals surface area contributed by atoms with Gasteiger partial charge in [-0.05, 0) is 42.9 Å². The summed E-state index contributed by atoms with van der Waals surface area (Å²) in [5, 5.41) is 0. The van der Waals surface area contributed by atoms with Crippen molar-refractivity contribution in [3.63, 3.8) is 0 Å². The Morgan fingerprint density at radius 1 is 0.900 bits per heavy atom. The van der Waals surface area contributed by atoms with Crippen LogP contribution in [0.4, 0.5) is 0 Å². The summed E-state index contributed by atoms with van der Waals surface area (Å²) in [6.07, 6.45) is 6.10. The lowest BCUT2D eigenvalue weighted by Crippen LogP contribution is -2.07. The van der Waals surface area contributed by atoms with Gasteiger partial charge in [0, 0.05) is 0 Å². The highest BCUT2D eigenvalue weighted by atomic mass is 14.5. The van der Waals surface area contributed by atoms with E-state index in [4.69, 9.17) is 0 Å². The van der Waals surface area contributed by atoms with Crippen molar-refractivity contribution >= 4 is 0 Å². The van der Waals surface area contributed by atoms with Crippen molar-refractivity contribution in [2.24, 2.45) is 23.7 Å². The standard InChI is InChI=1S/C10H18/c1-7-6-8(2)10-5-3-4-9(7)10/h7-10H,3-6H2,1-2H3/t7-,8?,9?,10?/m1/s1. The Labute approximate surface area is 64.0 Å². The average molecular weight is 138 g/mol. The van der Waals surface area contributed by atoms with E-state index >= 15 is 0 Å². The second-order valence-corrected chi connectivity index (χ2v) is 4.45. The summed E-state index contributed by atoms with van der Waals surface area (Å²) in [6.45, 7) is 4.90. The molecule has 0 aromatic carbocycles. The topological polar surface area (TPSA) is 0 Å². The molecule has 0 heteroatoms. The van der Waals surface area contributed by atoms with Crippen LogP contribution in [0.3, 0.4) is 0 Å². The molecule has 2 fully saturated rings. The molecule has 0 radical (unpaired) electrons. The molecule has 0 amide bonds. The first-order valence-corrected chi connectivity index (χ1v) is 4.79. The third kappa shape index (κ3) is 0.810. The molecule has 0 heterocycles. The van der Waals surface area contributed by atoms with E-state index in [9.17, 15) is 0 Å². The van der Waals surface area contributed by atoms with Gasteiger partial charge in [0.2, 0.25) is 0 Å². The van der Waals surface area contributed by atoms with Crippen LogP contribution < -0.4 is 0 Å². The molecule has 0 aromatic heterocycles. The van der Waals surface area contributed by atoms with Gasteiger partial charge in [0.25, 0.3) is 0 Å². The fraction of sp³-hybridized carbons (Fsp3) is 1.00. The molecule has 2 saturated carbocycles. The van der Waals surface area contributed by atoms with Gasteiger partial charge in [-0.3, -0.25) is 0 Å². The van der Waals surface area contributed by atoms with Crippen LogP contribution >= 0.6 is 0 Å². The predicted octanol–water partition coefficient (Wildman–Crippen LogP) is 3.08. The minimum absolute atomic E-state index is 1.04. The molecular weight excluding hydrogens is 120 g/mol. The number of hydrogen-bond acceptors (Lipinski definition) is 0. The maximum Gasteiger partial charge on any atom is -0.0357 e. The first-order chi connectivity index (χ1) is 4.79. The summed E-state index contributed by atoms with van der Waals surface area (Å²) >= 11 is 0. The zero-order chi connectivity index (χ0) is 7.14. The third-order valence-electron chi connectivity index (χ3n) is 3.83. The van der Waals surface area contributed by atoms with Crippen LogP contribution in [0.15, 0.2) is 0 Å². The van der Waals surface area contributed by atoms with Crippen LogP contribution in [0.25, 0.3) is 0 Å². The first kappa shape index (κ1) is 6.69. The Balaban J connectivity index is 2.11. The lowest BCUT2D eigenvalue weighted by molar-refractivity contribution is 0.352.